The molecule has 0 saturated carbocycles. The van der Waals surface area contributed by atoms with Crippen LogP contribution in [0.25, 0.3) is 0 Å². The van der Waals surface area contributed by atoms with Gasteiger partial charge in [-0.3, -0.25) is 14.4 Å². The fourth-order valence-electron chi connectivity index (χ4n) is 2.29. The highest BCUT2D eigenvalue weighted by Gasteiger charge is 2.12. The van der Waals surface area contributed by atoms with Crippen molar-refractivity contribution in [2.24, 2.45) is 0 Å². The largest absolute Gasteiger partial charge is 0.462 e. The van der Waals surface area contributed by atoms with Crippen molar-refractivity contribution in [3.05, 3.63) is 59.1 Å². The van der Waals surface area contributed by atoms with Crippen LogP contribution in [0.3, 0.4) is 0 Å². The molecule has 0 heterocycles. The van der Waals surface area contributed by atoms with Gasteiger partial charge in [0.05, 0.1) is 18.6 Å². The van der Waals surface area contributed by atoms with Gasteiger partial charge in [-0.1, -0.05) is 11.6 Å². The second-order valence-corrected chi connectivity index (χ2v) is 6.50. The lowest BCUT2D eigenvalue weighted by molar-refractivity contribution is -0.147. The minimum absolute atomic E-state index is 0.0849. The third-order valence-corrected chi connectivity index (χ3v) is 3.98. The van der Waals surface area contributed by atoms with Gasteiger partial charge >= 0.3 is 11.9 Å². The molecule has 0 radical (unpaired) electrons. The highest BCUT2D eigenvalue weighted by Crippen LogP contribution is 2.14. The van der Waals surface area contributed by atoms with Crippen LogP contribution in [0.5, 0.6) is 0 Å². The van der Waals surface area contributed by atoms with Crippen molar-refractivity contribution in [3.8, 4) is 0 Å². The summed E-state index contributed by atoms with van der Waals surface area (Å²) in [6.07, 6.45) is -0.251. The van der Waals surface area contributed by atoms with Gasteiger partial charge in [0.25, 0.3) is 5.91 Å². The van der Waals surface area contributed by atoms with E-state index in [0.717, 1.165) is 0 Å². The first-order chi connectivity index (χ1) is 14.4. The summed E-state index contributed by atoms with van der Waals surface area (Å²) in [6, 6.07) is 12.6. The van der Waals surface area contributed by atoms with Crippen LogP contribution in [0, 0.1) is 0 Å². The number of carbonyl (C=O) groups is 4. The average Bonchev–Trinajstić information content (AvgIpc) is 2.73. The smallest absolute Gasteiger partial charge is 0.338 e. The van der Waals surface area contributed by atoms with Crippen molar-refractivity contribution in [1.29, 1.82) is 0 Å². The minimum Gasteiger partial charge on any atom is -0.462 e. The van der Waals surface area contributed by atoms with Crippen molar-refractivity contribution < 1.29 is 28.7 Å². The van der Waals surface area contributed by atoms with Gasteiger partial charge in [-0.15, -0.1) is 0 Å². The van der Waals surface area contributed by atoms with Crippen molar-refractivity contribution >= 4 is 46.7 Å². The number of ether oxygens (including phenoxy) is 2. The van der Waals surface area contributed by atoms with Crippen LogP contribution >= 0.6 is 11.6 Å². The second-order valence-electron chi connectivity index (χ2n) is 6.06. The van der Waals surface area contributed by atoms with Gasteiger partial charge < -0.3 is 20.1 Å². The van der Waals surface area contributed by atoms with Gasteiger partial charge in [0.15, 0.2) is 6.61 Å². The number of nitrogens with one attached hydrogen (secondary N) is 2. The Labute approximate surface area is 178 Å². The molecule has 0 unspecified atom stereocenters. The van der Waals surface area contributed by atoms with E-state index in [4.69, 9.17) is 21.1 Å². The molecule has 0 atom stereocenters. The van der Waals surface area contributed by atoms with Gasteiger partial charge in [-0.25, -0.2) is 4.79 Å². The predicted molar refractivity (Wildman–Crippen MR) is 111 cm³/mol. The van der Waals surface area contributed by atoms with Gasteiger partial charge in [-0.2, -0.15) is 0 Å². The molecule has 0 aliphatic heterocycles. The fourth-order valence-corrected chi connectivity index (χ4v) is 2.42. The first kappa shape index (κ1) is 22.9. The van der Waals surface area contributed by atoms with E-state index in [1.807, 2.05) is 0 Å². The summed E-state index contributed by atoms with van der Waals surface area (Å²) in [5, 5.41) is 5.71. The summed E-state index contributed by atoms with van der Waals surface area (Å²) < 4.78 is 9.74. The topological polar surface area (TPSA) is 111 Å². The lowest BCUT2D eigenvalue weighted by Gasteiger charge is -2.08. The normalized spacial score (nSPS) is 10.1. The van der Waals surface area contributed by atoms with Crippen LogP contribution in [0.2, 0.25) is 5.02 Å². The van der Waals surface area contributed by atoms with Crippen molar-refractivity contribution in [3.63, 3.8) is 0 Å². The molecule has 0 aromatic heterocycles. The number of hydrogen-bond donors (Lipinski definition) is 2. The van der Waals surface area contributed by atoms with Crippen LogP contribution in [-0.4, -0.2) is 37.0 Å². The van der Waals surface area contributed by atoms with Crippen molar-refractivity contribution in [2.45, 2.75) is 19.8 Å². The third kappa shape index (κ3) is 7.92. The van der Waals surface area contributed by atoms with Gasteiger partial charge in [0.1, 0.15) is 0 Å². The van der Waals surface area contributed by atoms with Crippen molar-refractivity contribution in [1.82, 2.24) is 0 Å². The van der Waals surface area contributed by atoms with Crippen LogP contribution in [0.1, 0.15) is 30.1 Å². The molecule has 0 aliphatic carbocycles. The monoisotopic (exact) mass is 432 g/mol. The minimum atomic E-state index is -0.672. The van der Waals surface area contributed by atoms with Crippen molar-refractivity contribution in [2.75, 3.05) is 23.8 Å². The summed E-state index contributed by atoms with van der Waals surface area (Å²) in [4.78, 5) is 47.0. The Morgan fingerprint density at radius 3 is 1.97 bits per heavy atom. The molecule has 0 saturated heterocycles. The standard InChI is InChI=1S/C21H21ClN2O6/c1-2-29-21(28)14-3-7-16(8-4-14)24-19(26)13-30-20(27)12-11-18(25)23-17-9-5-15(22)6-10-17/h3-10H,2,11-13H2,1H3,(H,23,25)(H,24,26). The zero-order valence-corrected chi connectivity index (χ0v) is 17.0. The van der Waals surface area contributed by atoms with Gasteiger partial charge in [0.2, 0.25) is 5.91 Å². The zero-order valence-electron chi connectivity index (χ0n) is 16.3. The summed E-state index contributed by atoms with van der Waals surface area (Å²) in [5.41, 5.74) is 1.36. The van der Waals surface area contributed by atoms with Crippen LogP contribution < -0.4 is 10.6 Å². The Bertz CT molecular complexity index is 897. The number of esters is 2. The SMILES string of the molecule is CCOC(=O)c1ccc(NC(=O)COC(=O)CCC(=O)Nc2ccc(Cl)cc2)cc1. The summed E-state index contributed by atoms with van der Waals surface area (Å²) in [6.45, 7) is 1.49. The quantitative estimate of drug-likeness (QED) is 0.587. The van der Waals surface area contributed by atoms with E-state index in [2.05, 4.69) is 10.6 Å². The van der Waals surface area contributed by atoms with Gasteiger partial charge in [0, 0.05) is 22.8 Å². The first-order valence-electron chi connectivity index (χ1n) is 9.15. The second kappa shape index (κ2) is 11.6. The van der Waals surface area contributed by atoms with Crippen LogP contribution in [0.4, 0.5) is 11.4 Å². The molecule has 8 nitrogen and oxygen atoms in total. The van der Waals surface area contributed by atoms with E-state index in [0.29, 0.717) is 22.0 Å². The van der Waals surface area contributed by atoms with E-state index in [1.54, 1.807) is 31.2 Å². The maximum atomic E-state index is 11.9. The Morgan fingerprint density at radius 1 is 0.800 bits per heavy atom. The Balaban J connectivity index is 1.68. The predicted octanol–water partition coefficient (Wildman–Crippen LogP) is 3.42. The fraction of sp³-hybridized carbons (Fsp3) is 0.238. The van der Waals surface area contributed by atoms with E-state index in [-0.39, 0.29) is 25.4 Å². The number of anilines is 2. The molecule has 0 bridgehead atoms. The molecule has 2 N–H and O–H groups in total. The molecule has 158 valence electrons. The molecule has 2 aromatic rings. The number of halogens is 1. The molecule has 2 rings (SSSR count). The number of rotatable bonds is 9. The maximum Gasteiger partial charge on any atom is 0.338 e. The molecule has 2 amide bonds. The van der Waals surface area contributed by atoms with E-state index < -0.39 is 24.5 Å². The summed E-state index contributed by atoms with van der Waals surface area (Å²) >= 11 is 5.77. The van der Waals surface area contributed by atoms with E-state index in [1.165, 1.54) is 24.3 Å². The molecule has 30 heavy (non-hydrogen) atoms. The molecule has 0 aliphatic rings. The highest BCUT2D eigenvalue weighted by atomic mass is 35.5. The molecule has 0 fully saturated rings. The number of carbonyl (C=O) groups excluding carboxylic acids is 4. The maximum absolute atomic E-state index is 11.9. The van der Waals surface area contributed by atoms with Crippen LogP contribution in [-0.2, 0) is 23.9 Å². The zero-order chi connectivity index (χ0) is 21.9. The van der Waals surface area contributed by atoms with Gasteiger partial charge in [-0.05, 0) is 55.5 Å². The lowest BCUT2D eigenvalue weighted by atomic mass is 10.2. The summed E-state index contributed by atoms with van der Waals surface area (Å²) in [7, 11) is 0. The van der Waals surface area contributed by atoms with E-state index in [9.17, 15) is 19.2 Å². The molecule has 9 heteroatoms. The lowest BCUT2D eigenvalue weighted by Crippen LogP contribution is -2.21. The average molecular weight is 433 g/mol. The van der Waals surface area contributed by atoms with E-state index >= 15 is 0 Å². The molecular formula is C21H21ClN2O6. The number of amides is 2. The Kier molecular flexibility index (Phi) is 8.83. The highest BCUT2D eigenvalue weighted by molar-refractivity contribution is 6.30. The Morgan fingerprint density at radius 2 is 1.37 bits per heavy atom. The summed E-state index contributed by atoms with van der Waals surface area (Å²) in [5.74, 6) is -2.03. The third-order valence-electron chi connectivity index (χ3n) is 3.73. The number of benzene rings is 2. The molecule has 0 spiro atoms. The van der Waals surface area contributed by atoms with Crippen LogP contribution in [0.15, 0.2) is 48.5 Å². The molecular weight excluding hydrogens is 412 g/mol. The number of hydrogen-bond acceptors (Lipinski definition) is 6. The molecule has 2 aromatic carbocycles. The Hall–Kier alpha value is -3.39. The first-order valence-corrected chi connectivity index (χ1v) is 9.53.